The number of carbonyl (C=O) groups excluding carboxylic acids is 1. The number of thioether (sulfide) groups is 1. The molecule has 1 unspecified atom stereocenters. The number of hydrogen-bond acceptors (Lipinski definition) is 6. The van der Waals surface area contributed by atoms with E-state index in [1.807, 2.05) is 38.1 Å². The lowest BCUT2D eigenvalue weighted by Crippen LogP contribution is -2.59. The summed E-state index contributed by atoms with van der Waals surface area (Å²) in [6, 6.07) is 11.6. The number of nitrogens with zero attached hydrogens (tertiary/aromatic N) is 1. The Morgan fingerprint density at radius 1 is 1.13 bits per heavy atom. The van der Waals surface area contributed by atoms with Gasteiger partial charge in [0.25, 0.3) is 0 Å². The third-order valence-corrected chi connectivity index (χ3v) is 8.53. The fraction of sp³-hybridized carbons (Fsp3) is 0.435. The van der Waals surface area contributed by atoms with Gasteiger partial charge in [0.05, 0.1) is 4.90 Å². The van der Waals surface area contributed by atoms with Crippen molar-refractivity contribution in [3.8, 4) is 0 Å². The molecule has 0 aliphatic carbocycles. The third-order valence-electron chi connectivity index (χ3n) is 5.32. The quantitative estimate of drug-likeness (QED) is 0.521. The summed E-state index contributed by atoms with van der Waals surface area (Å²) < 4.78 is 39.5. The van der Waals surface area contributed by atoms with Crippen LogP contribution in [0.25, 0.3) is 21.9 Å². The van der Waals surface area contributed by atoms with Crippen LogP contribution in [0, 0.1) is 0 Å². The Bertz CT molecular complexity index is 1250. The Morgan fingerprint density at radius 3 is 2.52 bits per heavy atom. The Hall–Kier alpha value is -2.03. The number of para-hydroxylation sites is 1. The van der Waals surface area contributed by atoms with Gasteiger partial charge in [-0.15, -0.1) is 0 Å². The molecular formula is C23H27NO5S2. The van der Waals surface area contributed by atoms with Crippen molar-refractivity contribution in [2.24, 2.45) is 0 Å². The molecule has 0 bridgehead atoms. The van der Waals surface area contributed by atoms with E-state index in [2.05, 4.69) is 0 Å². The van der Waals surface area contributed by atoms with E-state index >= 15 is 0 Å². The molecule has 1 aliphatic heterocycles. The van der Waals surface area contributed by atoms with Crippen LogP contribution < -0.4 is 0 Å². The summed E-state index contributed by atoms with van der Waals surface area (Å²) in [5.41, 5.74) is 0.494. The normalized spacial score (nSPS) is 20.2. The van der Waals surface area contributed by atoms with Crippen LogP contribution >= 0.6 is 11.8 Å². The van der Waals surface area contributed by atoms with Gasteiger partial charge < -0.3 is 9.15 Å². The van der Waals surface area contributed by atoms with Gasteiger partial charge in [0.2, 0.25) is 10.0 Å². The summed E-state index contributed by atoms with van der Waals surface area (Å²) in [7, 11) is -3.95. The van der Waals surface area contributed by atoms with Crippen LogP contribution in [0.2, 0.25) is 0 Å². The standard InChI is InChI=1S/C23H27NO5S2/c1-22(2,3)29-21(25)20-23(4,5)30-13-12-24(20)31(26,27)15-10-11-17-16-8-6-7-9-18(16)28-19(17)14-15/h6-11,14,20H,12-13H2,1-5H3. The lowest BCUT2D eigenvalue weighted by Gasteiger charge is -2.44. The molecule has 4 rings (SSSR count). The number of sulfonamides is 1. The monoisotopic (exact) mass is 461 g/mol. The average molecular weight is 462 g/mol. The fourth-order valence-corrected chi connectivity index (χ4v) is 7.08. The minimum Gasteiger partial charge on any atom is -0.459 e. The molecule has 31 heavy (non-hydrogen) atoms. The summed E-state index contributed by atoms with van der Waals surface area (Å²) in [5.74, 6) is 0.0661. The zero-order chi connectivity index (χ0) is 22.6. The predicted molar refractivity (Wildman–Crippen MR) is 124 cm³/mol. The molecule has 2 aromatic carbocycles. The van der Waals surface area contributed by atoms with Crippen molar-refractivity contribution < 1.29 is 22.4 Å². The van der Waals surface area contributed by atoms with E-state index in [4.69, 9.17) is 9.15 Å². The molecule has 0 spiro atoms. The maximum Gasteiger partial charge on any atom is 0.326 e. The summed E-state index contributed by atoms with van der Waals surface area (Å²) in [6.45, 7) is 9.35. The molecular weight excluding hydrogens is 434 g/mol. The molecule has 0 radical (unpaired) electrons. The van der Waals surface area contributed by atoms with E-state index in [0.717, 1.165) is 10.8 Å². The van der Waals surface area contributed by atoms with Crippen LogP contribution in [0.1, 0.15) is 34.6 Å². The predicted octanol–water partition coefficient (Wildman–Crippen LogP) is 4.81. The molecule has 0 N–H and O–H groups in total. The van der Waals surface area contributed by atoms with Gasteiger partial charge in [-0.3, -0.25) is 4.79 Å². The second kappa shape index (κ2) is 7.53. The van der Waals surface area contributed by atoms with Crippen LogP contribution in [0.15, 0.2) is 51.8 Å². The van der Waals surface area contributed by atoms with Crippen molar-refractivity contribution >= 4 is 49.7 Å². The smallest absolute Gasteiger partial charge is 0.326 e. The van der Waals surface area contributed by atoms with Gasteiger partial charge in [0.15, 0.2) is 0 Å². The van der Waals surface area contributed by atoms with Gasteiger partial charge in [0, 0.05) is 33.9 Å². The van der Waals surface area contributed by atoms with E-state index < -0.39 is 32.4 Å². The minimum absolute atomic E-state index is 0.107. The van der Waals surface area contributed by atoms with Crippen molar-refractivity contribution in [2.45, 2.75) is 55.9 Å². The molecule has 0 saturated carbocycles. The number of hydrogen-bond donors (Lipinski definition) is 0. The number of benzene rings is 2. The Morgan fingerprint density at radius 2 is 1.81 bits per heavy atom. The molecule has 3 aromatic rings. The molecule has 6 nitrogen and oxygen atoms in total. The van der Waals surface area contributed by atoms with E-state index in [9.17, 15) is 13.2 Å². The van der Waals surface area contributed by atoms with E-state index in [-0.39, 0.29) is 11.4 Å². The fourth-order valence-electron chi connectivity index (χ4n) is 3.97. The van der Waals surface area contributed by atoms with Gasteiger partial charge in [-0.1, -0.05) is 18.2 Å². The first-order chi connectivity index (χ1) is 14.4. The van der Waals surface area contributed by atoms with Crippen molar-refractivity contribution in [1.82, 2.24) is 4.31 Å². The summed E-state index contributed by atoms with van der Waals surface area (Å²) in [6.07, 6.45) is 0. The molecule has 1 aromatic heterocycles. The van der Waals surface area contributed by atoms with E-state index in [1.165, 1.54) is 4.31 Å². The van der Waals surface area contributed by atoms with Crippen molar-refractivity contribution in [3.05, 3.63) is 42.5 Å². The summed E-state index contributed by atoms with van der Waals surface area (Å²) >= 11 is 1.58. The van der Waals surface area contributed by atoms with Gasteiger partial charge in [0.1, 0.15) is 22.8 Å². The van der Waals surface area contributed by atoms with E-state index in [1.54, 1.807) is 50.7 Å². The van der Waals surface area contributed by atoms with Crippen molar-refractivity contribution in [1.29, 1.82) is 0 Å². The van der Waals surface area contributed by atoms with Gasteiger partial charge in [-0.05, 0) is 52.8 Å². The minimum atomic E-state index is -3.95. The van der Waals surface area contributed by atoms with Crippen LogP contribution in [0.4, 0.5) is 0 Å². The second-order valence-electron chi connectivity index (χ2n) is 9.26. The SMILES string of the molecule is CC(C)(C)OC(=O)C1N(S(=O)(=O)c2ccc3c(c2)oc2ccccc23)CCSC1(C)C. The third kappa shape index (κ3) is 4.08. The first-order valence-electron chi connectivity index (χ1n) is 10.2. The maximum absolute atomic E-state index is 13.7. The molecule has 166 valence electrons. The molecule has 1 aliphatic rings. The largest absolute Gasteiger partial charge is 0.459 e. The zero-order valence-corrected chi connectivity index (χ0v) is 20.0. The topological polar surface area (TPSA) is 76.8 Å². The Balaban J connectivity index is 1.78. The number of esters is 1. The highest BCUT2D eigenvalue weighted by Gasteiger charge is 2.50. The van der Waals surface area contributed by atoms with Gasteiger partial charge in [-0.25, -0.2) is 8.42 Å². The number of carbonyl (C=O) groups is 1. The van der Waals surface area contributed by atoms with Gasteiger partial charge >= 0.3 is 5.97 Å². The number of furan rings is 1. The van der Waals surface area contributed by atoms with Crippen LogP contribution in [0.3, 0.4) is 0 Å². The maximum atomic E-state index is 13.7. The summed E-state index contributed by atoms with van der Waals surface area (Å²) in [4.78, 5) is 13.2. The highest BCUT2D eigenvalue weighted by atomic mass is 32.2. The highest BCUT2D eigenvalue weighted by Crippen LogP contribution is 2.40. The molecule has 1 atom stereocenters. The lowest BCUT2D eigenvalue weighted by atomic mass is 10.0. The number of ether oxygens (including phenoxy) is 1. The molecule has 2 heterocycles. The van der Waals surface area contributed by atoms with Crippen LogP contribution in [0.5, 0.6) is 0 Å². The van der Waals surface area contributed by atoms with Crippen LogP contribution in [-0.2, 0) is 19.6 Å². The first kappa shape index (κ1) is 22.2. The zero-order valence-electron chi connectivity index (χ0n) is 18.3. The first-order valence-corrected chi connectivity index (χ1v) is 12.6. The van der Waals surface area contributed by atoms with Crippen molar-refractivity contribution in [2.75, 3.05) is 12.3 Å². The molecule has 8 heteroatoms. The molecule has 0 amide bonds. The van der Waals surface area contributed by atoms with Gasteiger partial charge in [-0.2, -0.15) is 16.1 Å². The highest BCUT2D eigenvalue weighted by molar-refractivity contribution is 8.00. The number of fused-ring (bicyclic) bond motifs is 3. The Labute approximate surface area is 187 Å². The lowest BCUT2D eigenvalue weighted by molar-refractivity contribution is -0.160. The molecule has 1 saturated heterocycles. The van der Waals surface area contributed by atoms with Crippen molar-refractivity contribution in [3.63, 3.8) is 0 Å². The van der Waals surface area contributed by atoms with Crippen LogP contribution in [-0.4, -0.2) is 47.4 Å². The Kier molecular flexibility index (Phi) is 5.39. The molecule has 1 fully saturated rings. The second-order valence-corrected chi connectivity index (χ2v) is 12.9. The average Bonchev–Trinajstić information content (AvgIpc) is 3.03. The number of rotatable bonds is 3. The van der Waals surface area contributed by atoms with E-state index in [0.29, 0.717) is 16.9 Å². The summed E-state index contributed by atoms with van der Waals surface area (Å²) in [5, 5.41) is 1.79.